The number of hydrogen-bond donors (Lipinski definition) is 1. The Morgan fingerprint density at radius 1 is 1.50 bits per heavy atom. The highest BCUT2D eigenvalue weighted by atomic mass is 35.5. The molecular formula is C15H22ClN3O3. The van der Waals surface area contributed by atoms with E-state index in [9.17, 15) is 14.9 Å². The summed E-state index contributed by atoms with van der Waals surface area (Å²) in [5.41, 5.74) is 6.45. The predicted molar refractivity (Wildman–Crippen MR) is 87.4 cm³/mol. The van der Waals surface area contributed by atoms with Gasteiger partial charge in [0, 0.05) is 30.3 Å². The zero-order valence-corrected chi connectivity index (χ0v) is 13.5. The predicted octanol–water partition coefficient (Wildman–Crippen LogP) is 2.53. The minimum Gasteiger partial charge on any atom is -0.338 e. The van der Waals surface area contributed by atoms with E-state index in [0.29, 0.717) is 36.7 Å². The molecule has 2 rings (SSSR count). The minimum atomic E-state index is -0.445. The Kier molecular flexibility index (Phi) is 6.77. The van der Waals surface area contributed by atoms with Crippen LogP contribution in [0.2, 0.25) is 0 Å². The molecule has 0 bridgehead atoms. The van der Waals surface area contributed by atoms with Crippen molar-refractivity contribution in [1.29, 1.82) is 0 Å². The molecule has 1 atom stereocenters. The first-order chi connectivity index (χ1) is 10.0. The Morgan fingerprint density at radius 3 is 2.86 bits per heavy atom. The second-order valence-electron chi connectivity index (χ2n) is 5.54. The van der Waals surface area contributed by atoms with Crippen molar-refractivity contribution in [3.8, 4) is 0 Å². The van der Waals surface area contributed by atoms with Crippen molar-refractivity contribution in [3.63, 3.8) is 0 Å². The van der Waals surface area contributed by atoms with Crippen LogP contribution in [0.5, 0.6) is 0 Å². The fourth-order valence-electron chi connectivity index (χ4n) is 2.94. The molecule has 1 aromatic carbocycles. The fraction of sp³-hybridized carbons (Fsp3) is 0.533. The van der Waals surface area contributed by atoms with Gasteiger partial charge in [-0.2, -0.15) is 0 Å². The van der Waals surface area contributed by atoms with Crippen LogP contribution in [0, 0.1) is 23.0 Å². The zero-order chi connectivity index (χ0) is 15.4. The third-order valence-corrected chi connectivity index (χ3v) is 4.11. The second-order valence-corrected chi connectivity index (χ2v) is 5.54. The number of hydrogen-bond acceptors (Lipinski definition) is 4. The molecule has 0 aliphatic carbocycles. The Morgan fingerprint density at radius 2 is 2.23 bits per heavy atom. The first-order valence-corrected chi connectivity index (χ1v) is 7.28. The lowest BCUT2D eigenvalue weighted by Crippen LogP contribution is -2.40. The van der Waals surface area contributed by atoms with Crippen LogP contribution in [0.25, 0.3) is 0 Å². The minimum absolute atomic E-state index is 0. The van der Waals surface area contributed by atoms with Gasteiger partial charge in [0.2, 0.25) is 0 Å². The Bertz CT molecular complexity index is 549. The van der Waals surface area contributed by atoms with Crippen LogP contribution in [0.4, 0.5) is 5.69 Å². The van der Waals surface area contributed by atoms with Gasteiger partial charge in [0.05, 0.1) is 4.92 Å². The highest BCUT2D eigenvalue weighted by Crippen LogP contribution is 2.25. The number of carbonyl (C=O) groups is 1. The summed E-state index contributed by atoms with van der Waals surface area (Å²) >= 11 is 0. The van der Waals surface area contributed by atoms with Gasteiger partial charge in [-0.3, -0.25) is 14.9 Å². The van der Waals surface area contributed by atoms with Crippen molar-refractivity contribution in [2.75, 3.05) is 19.6 Å². The van der Waals surface area contributed by atoms with E-state index >= 15 is 0 Å². The molecule has 1 aliphatic rings. The SMILES string of the molecule is Cc1c(C(=O)N2CCCC(CCN)C2)cccc1[N+](=O)[O-].Cl. The van der Waals surface area contributed by atoms with Gasteiger partial charge in [0.25, 0.3) is 11.6 Å². The lowest BCUT2D eigenvalue weighted by molar-refractivity contribution is -0.385. The van der Waals surface area contributed by atoms with E-state index in [-0.39, 0.29) is 24.0 Å². The van der Waals surface area contributed by atoms with E-state index in [1.165, 1.54) is 6.07 Å². The van der Waals surface area contributed by atoms with Gasteiger partial charge in [-0.05, 0) is 44.7 Å². The average molecular weight is 328 g/mol. The number of carbonyl (C=O) groups excluding carboxylic acids is 1. The molecule has 2 N–H and O–H groups in total. The maximum Gasteiger partial charge on any atom is 0.273 e. The smallest absolute Gasteiger partial charge is 0.273 e. The molecule has 22 heavy (non-hydrogen) atoms. The summed E-state index contributed by atoms with van der Waals surface area (Å²) in [5, 5.41) is 11.0. The molecule has 1 aliphatic heterocycles. The van der Waals surface area contributed by atoms with Crippen LogP contribution in [-0.2, 0) is 0 Å². The molecule has 0 spiro atoms. The summed E-state index contributed by atoms with van der Waals surface area (Å²) in [5.74, 6) is 0.324. The quantitative estimate of drug-likeness (QED) is 0.679. The summed E-state index contributed by atoms with van der Waals surface area (Å²) in [7, 11) is 0. The third kappa shape index (κ3) is 3.96. The highest BCUT2D eigenvalue weighted by molar-refractivity contribution is 5.96. The van der Waals surface area contributed by atoms with Gasteiger partial charge in [0.15, 0.2) is 0 Å². The molecule has 122 valence electrons. The number of nitrogens with two attached hydrogens (primary N) is 1. The van der Waals surface area contributed by atoms with Crippen LogP contribution < -0.4 is 5.73 Å². The Labute approximate surface area is 136 Å². The molecule has 1 heterocycles. The first-order valence-electron chi connectivity index (χ1n) is 7.28. The summed E-state index contributed by atoms with van der Waals surface area (Å²) in [6, 6.07) is 4.66. The number of likely N-dealkylation sites (tertiary alicyclic amines) is 1. The summed E-state index contributed by atoms with van der Waals surface area (Å²) in [4.78, 5) is 25.0. The van der Waals surface area contributed by atoms with Crippen LogP contribution in [0.3, 0.4) is 0 Å². The summed E-state index contributed by atoms with van der Waals surface area (Å²) in [6.07, 6.45) is 2.97. The van der Waals surface area contributed by atoms with Crippen LogP contribution in [0.15, 0.2) is 18.2 Å². The maximum absolute atomic E-state index is 12.6. The number of nitrogens with zero attached hydrogens (tertiary/aromatic N) is 2. The van der Waals surface area contributed by atoms with Crippen LogP contribution in [0.1, 0.15) is 35.2 Å². The van der Waals surface area contributed by atoms with Gasteiger partial charge in [-0.25, -0.2) is 0 Å². The summed E-state index contributed by atoms with van der Waals surface area (Å²) in [6.45, 7) is 3.66. The lowest BCUT2D eigenvalue weighted by Gasteiger charge is -2.33. The molecule has 1 fully saturated rings. The zero-order valence-electron chi connectivity index (χ0n) is 12.7. The van der Waals surface area contributed by atoms with Gasteiger partial charge in [-0.1, -0.05) is 6.07 Å². The topological polar surface area (TPSA) is 89.5 Å². The third-order valence-electron chi connectivity index (χ3n) is 4.11. The molecule has 1 saturated heterocycles. The number of piperidine rings is 1. The van der Waals surface area contributed by atoms with E-state index in [1.807, 2.05) is 0 Å². The molecule has 0 saturated carbocycles. The first kappa shape index (κ1) is 18.4. The number of amides is 1. The van der Waals surface area contributed by atoms with E-state index in [2.05, 4.69) is 0 Å². The van der Waals surface area contributed by atoms with Crippen molar-refractivity contribution in [3.05, 3.63) is 39.4 Å². The molecule has 1 unspecified atom stereocenters. The molecule has 1 amide bonds. The van der Waals surface area contributed by atoms with Crippen molar-refractivity contribution >= 4 is 24.0 Å². The number of nitro groups is 1. The molecule has 7 heteroatoms. The molecule has 0 radical (unpaired) electrons. The number of halogens is 1. The van der Waals surface area contributed by atoms with Gasteiger partial charge in [-0.15, -0.1) is 12.4 Å². The molecule has 6 nitrogen and oxygen atoms in total. The second kappa shape index (κ2) is 8.10. The molecular weight excluding hydrogens is 306 g/mol. The van der Waals surface area contributed by atoms with Gasteiger partial charge in [0.1, 0.15) is 0 Å². The van der Waals surface area contributed by atoms with E-state index in [4.69, 9.17) is 5.73 Å². The number of nitro benzene ring substituents is 1. The number of rotatable bonds is 4. The summed E-state index contributed by atoms with van der Waals surface area (Å²) < 4.78 is 0. The van der Waals surface area contributed by atoms with Crippen LogP contribution in [-0.4, -0.2) is 35.4 Å². The van der Waals surface area contributed by atoms with Crippen molar-refractivity contribution < 1.29 is 9.72 Å². The van der Waals surface area contributed by atoms with Gasteiger partial charge < -0.3 is 10.6 Å². The highest BCUT2D eigenvalue weighted by Gasteiger charge is 2.26. The monoisotopic (exact) mass is 327 g/mol. The molecule has 0 aromatic heterocycles. The van der Waals surface area contributed by atoms with Crippen molar-refractivity contribution in [2.45, 2.75) is 26.2 Å². The van der Waals surface area contributed by atoms with E-state index < -0.39 is 4.92 Å². The average Bonchev–Trinajstić information content (AvgIpc) is 2.47. The standard InChI is InChI=1S/C15H21N3O3.ClH/c1-11-13(5-2-6-14(11)18(20)21)15(19)17-9-3-4-12(10-17)7-8-16;/h2,5-6,12H,3-4,7-10,16H2,1H3;1H. The van der Waals surface area contributed by atoms with Gasteiger partial charge >= 0.3 is 0 Å². The van der Waals surface area contributed by atoms with Crippen molar-refractivity contribution in [2.24, 2.45) is 11.7 Å². The Balaban J connectivity index is 0.00000242. The molecule has 1 aromatic rings. The Hall–Kier alpha value is -1.66. The lowest BCUT2D eigenvalue weighted by atomic mass is 9.94. The normalized spacial score (nSPS) is 17.7. The number of benzene rings is 1. The van der Waals surface area contributed by atoms with E-state index in [1.54, 1.807) is 24.0 Å². The fourth-order valence-corrected chi connectivity index (χ4v) is 2.94. The van der Waals surface area contributed by atoms with E-state index in [0.717, 1.165) is 19.3 Å². The largest absolute Gasteiger partial charge is 0.338 e. The maximum atomic E-state index is 12.6. The van der Waals surface area contributed by atoms with Crippen molar-refractivity contribution in [1.82, 2.24) is 4.90 Å². The van der Waals surface area contributed by atoms with Crippen LogP contribution >= 0.6 is 12.4 Å².